The van der Waals surface area contributed by atoms with Crippen LogP contribution < -0.4 is 4.74 Å². The first kappa shape index (κ1) is 16.9. The first-order valence-electron chi connectivity index (χ1n) is 6.26. The largest absolute Gasteiger partial charge is 0.460 e. The van der Waals surface area contributed by atoms with Crippen LogP contribution in [0.4, 0.5) is 5.69 Å². The number of nitro benzene ring substituents is 1. The summed E-state index contributed by atoms with van der Waals surface area (Å²) in [7, 11) is 0. The van der Waals surface area contributed by atoms with Crippen LogP contribution in [0.15, 0.2) is 18.2 Å². The first-order chi connectivity index (χ1) is 10.3. The molecular formula is C12H14ClNO8. The lowest BCUT2D eigenvalue weighted by atomic mass is 9.99. The lowest BCUT2D eigenvalue weighted by Gasteiger charge is -2.39. The molecule has 1 aromatic rings. The van der Waals surface area contributed by atoms with Crippen molar-refractivity contribution in [1.82, 2.24) is 0 Å². The maximum Gasteiger partial charge on any atom is 0.271 e. The van der Waals surface area contributed by atoms with Crippen molar-refractivity contribution in [2.75, 3.05) is 6.61 Å². The summed E-state index contributed by atoms with van der Waals surface area (Å²) in [6, 6.07) is 3.41. The molecule has 0 spiro atoms. The summed E-state index contributed by atoms with van der Waals surface area (Å²) in [5.74, 6) is -0.0170. The van der Waals surface area contributed by atoms with Gasteiger partial charge in [0.15, 0.2) is 0 Å². The van der Waals surface area contributed by atoms with Gasteiger partial charge in [0.2, 0.25) is 6.29 Å². The van der Waals surface area contributed by atoms with Crippen LogP contribution in [0.1, 0.15) is 0 Å². The lowest BCUT2D eigenvalue weighted by Crippen LogP contribution is -2.60. The number of aliphatic hydroxyl groups excluding tert-OH is 4. The van der Waals surface area contributed by atoms with Gasteiger partial charge in [-0.25, -0.2) is 0 Å². The quantitative estimate of drug-likeness (QED) is 0.423. The van der Waals surface area contributed by atoms with E-state index in [1.165, 1.54) is 6.07 Å². The summed E-state index contributed by atoms with van der Waals surface area (Å²) in [6.07, 6.45) is -7.22. The molecule has 22 heavy (non-hydrogen) atoms. The second-order valence-corrected chi connectivity index (χ2v) is 5.09. The molecule has 2 rings (SSSR count). The molecule has 1 aliphatic heterocycles. The minimum absolute atomic E-state index is 0.0170. The molecule has 1 saturated heterocycles. The zero-order valence-electron chi connectivity index (χ0n) is 11.1. The van der Waals surface area contributed by atoms with Crippen molar-refractivity contribution in [2.24, 2.45) is 0 Å². The molecule has 0 bridgehead atoms. The highest BCUT2D eigenvalue weighted by molar-refractivity contribution is 6.32. The Morgan fingerprint density at radius 3 is 2.50 bits per heavy atom. The molecule has 0 saturated carbocycles. The third-order valence-electron chi connectivity index (χ3n) is 3.22. The van der Waals surface area contributed by atoms with Crippen molar-refractivity contribution in [3.8, 4) is 5.75 Å². The fraction of sp³-hybridized carbons (Fsp3) is 0.500. The second kappa shape index (κ2) is 6.73. The average Bonchev–Trinajstić information content (AvgIpc) is 2.49. The molecule has 0 radical (unpaired) electrons. The van der Waals surface area contributed by atoms with Gasteiger partial charge in [0.1, 0.15) is 30.2 Å². The first-order valence-corrected chi connectivity index (χ1v) is 6.64. The van der Waals surface area contributed by atoms with Gasteiger partial charge in [0.05, 0.1) is 16.6 Å². The molecule has 1 fully saturated rings. The van der Waals surface area contributed by atoms with Gasteiger partial charge in [0.25, 0.3) is 5.69 Å². The highest BCUT2D eigenvalue weighted by atomic mass is 35.5. The Labute approximate surface area is 129 Å². The van der Waals surface area contributed by atoms with Crippen LogP contribution in [0, 0.1) is 10.1 Å². The molecule has 1 aromatic carbocycles. The number of hydrogen-bond donors (Lipinski definition) is 4. The molecular weight excluding hydrogens is 322 g/mol. The molecule has 0 unspecified atom stereocenters. The molecule has 9 nitrogen and oxygen atoms in total. The standard InChI is InChI=1S/C12H14ClNO8/c13-6-3-5(14(19)20)1-2-7(6)21-12-11(18)10(17)9(16)8(4-15)22-12/h1-3,8-12,15-18H,4H2/t8-,9+,10+,11-,12-/m1/s1. The normalized spacial score (nSPS) is 31.8. The minimum atomic E-state index is -1.59. The smallest absolute Gasteiger partial charge is 0.271 e. The zero-order chi connectivity index (χ0) is 16.4. The number of nitro groups is 1. The van der Waals surface area contributed by atoms with E-state index in [4.69, 9.17) is 26.2 Å². The van der Waals surface area contributed by atoms with E-state index in [2.05, 4.69) is 0 Å². The van der Waals surface area contributed by atoms with E-state index in [9.17, 15) is 25.4 Å². The summed E-state index contributed by atoms with van der Waals surface area (Å²) in [4.78, 5) is 9.98. The van der Waals surface area contributed by atoms with Crippen LogP contribution in [-0.4, -0.2) is 62.7 Å². The van der Waals surface area contributed by atoms with Crippen molar-refractivity contribution in [1.29, 1.82) is 0 Å². The third kappa shape index (κ3) is 3.29. The highest BCUT2D eigenvalue weighted by Gasteiger charge is 2.44. The van der Waals surface area contributed by atoms with Gasteiger partial charge < -0.3 is 29.9 Å². The summed E-state index contributed by atoms with van der Waals surface area (Å²) < 4.78 is 10.4. The monoisotopic (exact) mass is 335 g/mol. The second-order valence-electron chi connectivity index (χ2n) is 4.69. The number of hydrogen-bond acceptors (Lipinski definition) is 8. The third-order valence-corrected chi connectivity index (χ3v) is 3.51. The maximum absolute atomic E-state index is 10.6. The van der Waals surface area contributed by atoms with Gasteiger partial charge in [-0.2, -0.15) is 0 Å². The highest BCUT2D eigenvalue weighted by Crippen LogP contribution is 2.31. The molecule has 1 aliphatic rings. The van der Waals surface area contributed by atoms with Crippen molar-refractivity contribution < 1.29 is 34.8 Å². The van der Waals surface area contributed by atoms with E-state index in [-0.39, 0.29) is 16.5 Å². The molecule has 0 aromatic heterocycles. The summed E-state index contributed by atoms with van der Waals surface area (Å²) in [6.45, 7) is -0.598. The van der Waals surface area contributed by atoms with Gasteiger partial charge in [-0.3, -0.25) is 10.1 Å². The van der Waals surface area contributed by atoms with E-state index >= 15 is 0 Å². The predicted molar refractivity (Wildman–Crippen MR) is 72.5 cm³/mol. The fourth-order valence-corrected chi connectivity index (χ4v) is 2.21. The Hall–Kier alpha value is -1.49. The maximum atomic E-state index is 10.6. The summed E-state index contributed by atoms with van der Waals surface area (Å²) in [5, 5.41) is 48.7. The lowest BCUT2D eigenvalue weighted by molar-refractivity contribution is -0.384. The van der Waals surface area contributed by atoms with Crippen LogP contribution in [0.2, 0.25) is 5.02 Å². The van der Waals surface area contributed by atoms with E-state index < -0.39 is 42.2 Å². The van der Waals surface area contributed by atoms with Crippen molar-refractivity contribution in [3.05, 3.63) is 33.3 Å². The van der Waals surface area contributed by atoms with Gasteiger partial charge in [0, 0.05) is 12.1 Å². The predicted octanol–water partition coefficient (Wildman–Crippen LogP) is -0.573. The zero-order valence-corrected chi connectivity index (χ0v) is 11.8. The minimum Gasteiger partial charge on any atom is -0.460 e. The molecule has 10 heteroatoms. The van der Waals surface area contributed by atoms with Crippen LogP contribution in [0.5, 0.6) is 5.75 Å². The fourth-order valence-electron chi connectivity index (χ4n) is 1.99. The number of benzene rings is 1. The van der Waals surface area contributed by atoms with Gasteiger partial charge in [-0.15, -0.1) is 0 Å². The summed E-state index contributed by atoms with van der Waals surface area (Å²) >= 11 is 5.85. The Balaban J connectivity index is 2.17. The Morgan fingerprint density at radius 2 is 1.95 bits per heavy atom. The number of non-ortho nitro benzene ring substituents is 1. The Morgan fingerprint density at radius 1 is 1.27 bits per heavy atom. The molecule has 0 aliphatic carbocycles. The molecule has 122 valence electrons. The van der Waals surface area contributed by atoms with Crippen LogP contribution in [0.25, 0.3) is 0 Å². The number of ether oxygens (including phenoxy) is 2. The SMILES string of the molecule is O=[N+]([O-])c1ccc(O[C@@H]2O[C@H](CO)[C@H](O)[C@H](O)[C@H]2O)c(Cl)c1. The Kier molecular flexibility index (Phi) is 5.16. The Bertz CT molecular complexity index is 554. The molecule has 5 atom stereocenters. The topological polar surface area (TPSA) is 143 Å². The van der Waals surface area contributed by atoms with E-state index in [1.807, 2.05) is 0 Å². The van der Waals surface area contributed by atoms with E-state index in [0.717, 1.165) is 12.1 Å². The molecule has 0 amide bonds. The van der Waals surface area contributed by atoms with Gasteiger partial charge >= 0.3 is 0 Å². The van der Waals surface area contributed by atoms with Crippen molar-refractivity contribution in [2.45, 2.75) is 30.7 Å². The number of rotatable bonds is 4. The average molecular weight is 336 g/mol. The van der Waals surface area contributed by atoms with Crippen LogP contribution in [-0.2, 0) is 4.74 Å². The summed E-state index contributed by atoms with van der Waals surface area (Å²) in [5.41, 5.74) is -0.244. The van der Waals surface area contributed by atoms with E-state index in [0.29, 0.717) is 0 Å². The van der Waals surface area contributed by atoms with Gasteiger partial charge in [-0.1, -0.05) is 11.6 Å². The van der Waals surface area contributed by atoms with E-state index in [1.54, 1.807) is 0 Å². The number of halogens is 1. The molecule has 1 heterocycles. The van der Waals surface area contributed by atoms with Crippen molar-refractivity contribution >= 4 is 17.3 Å². The van der Waals surface area contributed by atoms with Gasteiger partial charge in [-0.05, 0) is 6.07 Å². The number of aliphatic hydroxyl groups is 4. The van der Waals surface area contributed by atoms with Crippen LogP contribution >= 0.6 is 11.6 Å². The van der Waals surface area contributed by atoms with Crippen LogP contribution in [0.3, 0.4) is 0 Å². The van der Waals surface area contributed by atoms with Crippen molar-refractivity contribution in [3.63, 3.8) is 0 Å². The number of nitrogens with zero attached hydrogens (tertiary/aromatic N) is 1. The molecule has 4 N–H and O–H groups in total.